The number of halogens is 1. The Kier molecular flexibility index (Phi) is 6.16. The molecule has 2 aromatic carbocycles. The third-order valence-electron chi connectivity index (χ3n) is 3.24. The Morgan fingerprint density at radius 1 is 1.24 bits per heavy atom. The third kappa shape index (κ3) is 4.88. The van der Waals surface area contributed by atoms with Crippen LogP contribution in [0.4, 0.5) is 5.13 Å². The minimum absolute atomic E-state index is 0.210. The van der Waals surface area contributed by atoms with Crippen molar-refractivity contribution in [3.8, 4) is 17.0 Å². The highest BCUT2D eigenvalue weighted by molar-refractivity contribution is 9.10. The van der Waals surface area contributed by atoms with Crippen LogP contribution >= 0.6 is 27.3 Å². The van der Waals surface area contributed by atoms with Gasteiger partial charge in [0.15, 0.2) is 6.79 Å². The topological polar surface area (TPSA) is 55.7 Å². The van der Waals surface area contributed by atoms with E-state index in [1.807, 2.05) is 53.9 Å². The molecule has 5 nitrogen and oxygen atoms in total. The molecule has 0 atom stereocenters. The molecule has 0 spiro atoms. The van der Waals surface area contributed by atoms with Gasteiger partial charge in [0.05, 0.1) is 16.4 Å². The molecule has 25 heavy (non-hydrogen) atoms. The summed E-state index contributed by atoms with van der Waals surface area (Å²) in [5.74, 6) is 0.722. The molecule has 0 aliphatic carbocycles. The number of ether oxygens (including phenoxy) is 2. The van der Waals surface area contributed by atoms with E-state index in [0.717, 1.165) is 32.2 Å². The van der Waals surface area contributed by atoms with Crippen molar-refractivity contribution in [1.82, 2.24) is 4.98 Å². The van der Waals surface area contributed by atoms with Gasteiger partial charge >= 0.3 is 0 Å². The predicted octanol–water partition coefficient (Wildman–Crippen LogP) is 5.00. The number of nitrogens with one attached hydrogen (secondary N) is 1. The van der Waals surface area contributed by atoms with Crippen LogP contribution in [0.15, 0.2) is 63.5 Å². The first-order valence-electron chi connectivity index (χ1n) is 7.47. The van der Waals surface area contributed by atoms with E-state index in [2.05, 4.69) is 31.4 Å². The number of methoxy groups -OCH3 is 1. The molecule has 0 fully saturated rings. The summed E-state index contributed by atoms with van der Waals surface area (Å²) in [4.78, 5) is 4.53. The SMILES string of the molecule is COCOc1ccc(C=NNc2nc(-c3ccccc3)cs2)cc1Br. The van der Waals surface area contributed by atoms with Crippen LogP contribution in [-0.4, -0.2) is 25.1 Å². The molecule has 0 aliphatic heterocycles. The van der Waals surface area contributed by atoms with Gasteiger partial charge in [0.1, 0.15) is 5.75 Å². The molecule has 0 aliphatic rings. The van der Waals surface area contributed by atoms with Crippen molar-refractivity contribution in [2.75, 3.05) is 19.3 Å². The fraction of sp³-hybridized carbons (Fsp3) is 0.111. The molecule has 0 saturated heterocycles. The number of benzene rings is 2. The number of nitrogens with zero attached hydrogens (tertiary/aromatic N) is 2. The van der Waals surface area contributed by atoms with Gasteiger partial charge in [-0.05, 0) is 39.7 Å². The van der Waals surface area contributed by atoms with Crippen LogP contribution < -0.4 is 10.2 Å². The van der Waals surface area contributed by atoms with Gasteiger partial charge in [-0.25, -0.2) is 4.98 Å². The van der Waals surface area contributed by atoms with Crippen LogP contribution in [0.1, 0.15) is 5.56 Å². The molecule has 0 saturated carbocycles. The summed E-state index contributed by atoms with van der Waals surface area (Å²) in [5.41, 5.74) is 5.92. The smallest absolute Gasteiger partial charge is 0.203 e. The monoisotopic (exact) mass is 417 g/mol. The molecule has 3 rings (SSSR count). The van der Waals surface area contributed by atoms with Gasteiger partial charge in [0.25, 0.3) is 0 Å². The van der Waals surface area contributed by atoms with Gasteiger partial charge in [-0.15, -0.1) is 11.3 Å². The summed E-state index contributed by atoms with van der Waals surface area (Å²) in [6.45, 7) is 0.210. The van der Waals surface area contributed by atoms with E-state index >= 15 is 0 Å². The number of hydrogen-bond donors (Lipinski definition) is 1. The first-order chi connectivity index (χ1) is 12.3. The lowest BCUT2D eigenvalue weighted by Gasteiger charge is -2.07. The Morgan fingerprint density at radius 3 is 2.84 bits per heavy atom. The van der Waals surface area contributed by atoms with Crippen molar-refractivity contribution in [3.05, 3.63) is 63.9 Å². The number of hydrazone groups is 1. The highest BCUT2D eigenvalue weighted by atomic mass is 79.9. The molecule has 1 heterocycles. The van der Waals surface area contributed by atoms with Gasteiger partial charge in [0, 0.05) is 18.1 Å². The average Bonchev–Trinajstić information content (AvgIpc) is 3.11. The molecule has 1 aromatic heterocycles. The first-order valence-corrected chi connectivity index (χ1v) is 9.15. The van der Waals surface area contributed by atoms with Gasteiger partial charge in [-0.1, -0.05) is 30.3 Å². The van der Waals surface area contributed by atoms with Crippen LogP contribution in [0.25, 0.3) is 11.3 Å². The zero-order chi connectivity index (χ0) is 17.5. The summed E-state index contributed by atoms with van der Waals surface area (Å²) in [7, 11) is 1.59. The Labute approximate surface area is 158 Å². The lowest BCUT2D eigenvalue weighted by Crippen LogP contribution is -1.99. The molecule has 1 N–H and O–H groups in total. The normalized spacial score (nSPS) is 11.0. The van der Waals surface area contributed by atoms with Crippen molar-refractivity contribution >= 4 is 38.6 Å². The maximum atomic E-state index is 5.42. The van der Waals surface area contributed by atoms with Gasteiger partial charge < -0.3 is 9.47 Å². The summed E-state index contributed by atoms with van der Waals surface area (Å²) in [6, 6.07) is 15.8. The Balaban J connectivity index is 1.62. The van der Waals surface area contributed by atoms with Crippen molar-refractivity contribution in [3.63, 3.8) is 0 Å². The van der Waals surface area contributed by atoms with E-state index in [9.17, 15) is 0 Å². The summed E-state index contributed by atoms with van der Waals surface area (Å²) < 4.78 is 11.2. The second-order valence-electron chi connectivity index (χ2n) is 5.01. The number of anilines is 1. The van der Waals surface area contributed by atoms with Gasteiger partial charge in [-0.3, -0.25) is 5.43 Å². The molecule has 0 radical (unpaired) electrons. The number of thiazole rings is 1. The molecule has 0 bridgehead atoms. The number of aromatic nitrogens is 1. The minimum Gasteiger partial charge on any atom is -0.466 e. The molecule has 7 heteroatoms. The lowest BCUT2D eigenvalue weighted by atomic mass is 10.2. The van der Waals surface area contributed by atoms with E-state index in [0.29, 0.717) is 0 Å². The maximum absolute atomic E-state index is 5.42. The van der Waals surface area contributed by atoms with Crippen LogP contribution in [0.5, 0.6) is 5.75 Å². The molecule has 0 amide bonds. The maximum Gasteiger partial charge on any atom is 0.203 e. The molecule has 0 unspecified atom stereocenters. The van der Waals surface area contributed by atoms with Gasteiger partial charge in [-0.2, -0.15) is 5.10 Å². The highest BCUT2D eigenvalue weighted by Crippen LogP contribution is 2.26. The second-order valence-corrected chi connectivity index (χ2v) is 6.73. The quantitative estimate of drug-likeness (QED) is 0.333. The zero-order valence-electron chi connectivity index (χ0n) is 13.5. The minimum atomic E-state index is 0.210. The lowest BCUT2D eigenvalue weighted by molar-refractivity contribution is 0.0506. The Bertz CT molecular complexity index is 853. The van der Waals surface area contributed by atoms with E-state index in [1.54, 1.807) is 13.3 Å². The van der Waals surface area contributed by atoms with Crippen molar-refractivity contribution in [1.29, 1.82) is 0 Å². The van der Waals surface area contributed by atoms with Crippen molar-refractivity contribution < 1.29 is 9.47 Å². The van der Waals surface area contributed by atoms with Crippen LogP contribution in [0.3, 0.4) is 0 Å². The third-order valence-corrected chi connectivity index (χ3v) is 4.60. The predicted molar refractivity (Wildman–Crippen MR) is 105 cm³/mol. The number of hydrogen-bond acceptors (Lipinski definition) is 6. The molecular weight excluding hydrogens is 402 g/mol. The van der Waals surface area contributed by atoms with Crippen LogP contribution in [-0.2, 0) is 4.74 Å². The number of rotatable bonds is 7. The van der Waals surface area contributed by atoms with E-state index in [-0.39, 0.29) is 6.79 Å². The fourth-order valence-corrected chi connectivity index (χ4v) is 3.24. The van der Waals surface area contributed by atoms with E-state index in [1.165, 1.54) is 11.3 Å². The first kappa shape index (κ1) is 17.6. The molecule has 128 valence electrons. The summed E-state index contributed by atoms with van der Waals surface area (Å²) in [6.07, 6.45) is 1.73. The summed E-state index contributed by atoms with van der Waals surface area (Å²) in [5, 5.41) is 6.99. The second kappa shape index (κ2) is 8.75. The fourth-order valence-electron chi connectivity index (χ4n) is 2.07. The largest absolute Gasteiger partial charge is 0.466 e. The molecular formula is C18H16BrN3O2S. The van der Waals surface area contributed by atoms with E-state index < -0.39 is 0 Å². The van der Waals surface area contributed by atoms with E-state index in [4.69, 9.17) is 9.47 Å². The van der Waals surface area contributed by atoms with Crippen LogP contribution in [0, 0.1) is 0 Å². The molecule has 3 aromatic rings. The highest BCUT2D eigenvalue weighted by Gasteiger charge is 2.04. The van der Waals surface area contributed by atoms with Crippen molar-refractivity contribution in [2.24, 2.45) is 5.10 Å². The Morgan fingerprint density at radius 2 is 2.08 bits per heavy atom. The Hall–Kier alpha value is -2.22. The van der Waals surface area contributed by atoms with Gasteiger partial charge in [0.2, 0.25) is 5.13 Å². The zero-order valence-corrected chi connectivity index (χ0v) is 15.9. The summed E-state index contributed by atoms with van der Waals surface area (Å²) >= 11 is 4.99. The van der Waals surface area contributed by atoms with Crippen molar-refractivity contribution in [2.45, 2.75) is 0 Å². The average molecular weight is 418 g/mol. The van der Waals surface area contributed by atoms with Crippen LogP contribution in [0.2, 0.25) is 0 Å². The standard InChI is InChI=1S/C18H16BrN3O2S/c1-23-12-24-17-8-7-13(9-15(17)19)10-20-22-18-21-16(11-25-18)14-5-3-2-4-6-14/h2-11H,12H2,1H3,(H,21,22).